The van der Waals surface area contributed by atoms with Crippen LogP contribution in [0.4, 0.5) is 11.4 Å². The number of carbonyl (C=O) groups is 1. The van der Waals surface area contributed by atoms with Crippen molar-refractivity contribution in [2.75, 3.05) is 16.7 Å². The van der Waals surface area contributed by atoms with Crippen LogP contribution in [0.3, 0.4) is 0 Å². The van der Waals surface area contributed by atoms with Crippen molar-refractivity contribution in [3.63, 3.8) is 0 Å². The largest absolute Gasteiger partial charge is 0.321 e. The number of amides is 1. The van der Waals surface area contributed by atoms with Crippen LogP contribution in [0.25, 0.3) is 5.57 Å². The predicted octanol–water partition coefficient (Wildman–Crippen LogP) is 5.13. The van der Waals surface area contributed by atoms with Crippen LogP contribution in [0.2, 0.25) is 5.02 Å². The molecule has 0 saturated carbocycles. The van der Waals surface area contributed by atoms with E-state index in [1.807, 2.05) is 26.0 Å². The van der Waals surface area contributed by atoms with E-state index in [2.05, 4.69) is 5.32 Å². The molecule has 31 heavy (non-hydrogen) atoms. The average Bonchev–Trinajstić information content (AvgIpc) is 2.70. The fourth-order valence-corrected chi connectivity index (χ4v) is 5.49. The van der Waals surface area contributed by atoms with Crippen LogP contribution in [0, 0.1) is 13.8 Å². The second-order valence-corrected chi connectivity index (χ2v) is 9.88. The van der Waals surface area contributed by atoms with E-state index in [9.17, 15) is 13.2 Å². The summed E-state index contributed by atoms with van der Waals surface area (Å²) in [5.41, 5.74) is 4.47. The van der Waals surface area contributed by atoms with Gasteiger partial charge in [0, 0.05) is 28.9 Å². The zero-order valence-electron chi connectivity index (χ0n) is 17.3. The lowest BCUT2D eigenvalue weighted by atomic mass is 9.95. The summed E-state index contributed by atoms with van der Waals surface area (Å²) in [5.74, 6) is -0.693. The van der Waals surface area contributed by atoms with Crippen LogP contribution < -0.4 is 9.62 Å². The molecule has 158 valence electrons. The second kappa shape index (κ2) is 7.87. The lowest BCUT2D eigenvalue weighted by Crippen LogP contribution is -2.37. The summed E-state index contributed by atoms with van der Waals surface area (Å²) in [6.07, 6.45) is 0. The first-order valence-corrected chi connectivity index (χ1v) is 11.5. The van der Waals surface area contributed by atoms with Crippen LogP contribution in [0.15, 0.2) is 71.6 Å². The van der Waals surface area contributed by atoms with Crippen molar-refractivity contribution < 1.29 is 13.2 Å². The Morgan fingerprint density at radius 3 is 2.23 bits per heavy atom. The minimum absolute atomic E-state index is 0.310. The summed E-state index contributed by atoms with van der Waals surface area (Å²) in [6, 6.07) is 19.6. The van der Waals surface area contributed by atoms with Crippen molar-refractivity contribution in [3.05, 3.63) is 98.9 Å². The first-order chi connectivity index (χ1) is 14.7. The second-order valence-electron chi connectivity index (χ2n) is 7.53. The van der Waals surface area contributed by atoms with Gasteiger partial charge in [0.25, 0.3) is 15.9 Å². The molecule has 7 heteroatoms. The van der Waals surface area contributed by atoms with Crippen LogP contribution >= 0.6 is 11.6 Å². The number of fused-ring (bicyclic) bond motifs is 1. The maximum absolute atomic E-state index is 13.5. The SMILES string of the molecule is Cc1cc(C)cc(NC(=O)C2=C(c3ccccc3)c3cc(Cl)ccc3N(C)S2(=O)=O)c1. The average molecular weight is 453 g/mol. The Morgan fingerprint density at radius 2 is 1.58 bits per heavy atom. The number of sulfonamides is 1. The summed E-state index contributed by atoms with van der Waals surface area (Å²) < 4.78 is 28.1. The van der Waals surface area contributed by atoms with E-state index in [4.69, 9.17) is 11.6 Å². The molecule has 0 unspecified atom stereocenters. The Labute approximate surface area is 187 Å². The summed E-state index contributed by atoms with van der Waals surface area (Å²) in [5, 5.41) is 3.23. The third-order valence-corrected chi connectivity index (χ3v) is 7.22. The van der Waals surface area contributed by atoms with Crippen LogP contribution in [0.5, 0.6) is 0 Å². The molecular formula is C24H21ClN2O3S. The Bertz CT molecular complexity index is 1310. The molecule has 0 fully saturated rings. The summed E-state index contributed by atoms with van der Waals surface area (Å²) in [4.78, 5) is 13.1. The molecule has 0 bridgehead atoms. The van der Waals surface area contributed by atoms with E-state index in [1.165, 1.54) is 7.05 Å². The van der Waals surface area contributed by atoms with Crippen LogP contribution in [-0.2, 0) is 14.8 Å². The normalized spacial score (nSPS) is 14.9. The topological polar surface area (TPSA) is 66.5 Å². The lowest BCUT2D eigenvalue weighted by Gasteiger charge is -2.31. The van der Waals surface area contributed by atoms with Crippen molar-refractivity contribution in [1.82, 2.24) is 0 Å². The van der Waals surface area contributed by atoms with Gasteiger partial charge in [0.1, 0.15) is 0 Å². The maximum atomic E-state index is 13.5. The maximum Gasteiger partial charge on any atom is 0.270 e. The number of hydrogen-bond acceptors (Lipinski definition) is 3. The van der Waals surface area contributed by atoms with Crippen molar-refractivity contribution >= 4 is 44.5 Å². The Morgan fingerprint density at radius 1 is 0.935 bits per heavy atom. The van der Waals surface area contributed by atoms with Gasteiger partial charge in [-0.1, -0.05) is 48.0 Å². The highest BCUT2D eigenvalue weighted by Gasteiger charge is 2.39. The number of nitrogens with one attached hydrogen (secondary N) is 1. The van der Waals surface area contributed by atoms with Gasteiger partial charge >= 0.3 is 0 Å². The molecule has 3 aromatic rings. The van der Waals surface area contributed by atoms with Gasteiger partial charge in [-0.05, 0) is 60.9 Å². The molecule has 1 N–H and O–H groups in total. The van der Waals surface area contributed by atoms with Gasteiger partial charge in [-0.25, -0.2) is 8.42 Å². The number of hydrogen-bond donors (Lipinski definition) is 1. The van der Waals surface area contributed by atoms with E-state index < -0.39 is 15.9 Å². The molecular weight excluding hydrogens is 432 g/mol. The molecule has 0 radical (unpaired) electrons. The van der Waals surface area contributed by atoms with Gasteiger partial charge in [-0.2, -0.15) is 0 Å². The van der Waals surface area contributed by atoms with E-state index in [1.54, 1.807) is 54.6 Å². The first kappa shape index (κ1) is 21.2. The van der Waals surface area contributed by atoms with E-state index in [0.29, 0.717) is 33.1 Å². The van der Waals surface area contributed by atoms with E-state index >= 15 is 0 Å². The highest BCUT2D eigenvalue weighted by molar-refractivity contribution is 7.97. The standard InChI is InChI=1S/C24H21ClN2O3S/c1-15-11-16(2)13-19(12-15)26-24(28)23-22(17-7-5-4-6-8-17)20-14-18(25)9-10-21(20)27(3)31(23,29)30/h4-14H,1-3H3,(H,26,28). The fraction of sp³-hybridized carbons (Fsp3) is 0.125. The number of nitrogens with zero attached hydrogens (tertiary/aromatic N) is 1. The molecule has 1 heterocycles. The Hall–Kier alpha value is -3.09. The van der Waals surface area contributed by atoms with Gasteiger partial charge in [0.05, 0.1) is 5.69 Å². The number of aryl methyl sites for hydroxylation is 2. The first-order valence-electron chi connectivity index (χ1n) is 9.66. The number of anilines is 2. The number of halogens is 1. The third kappa shape index (κ3) is 3.84. The van der Waals surface area contributed by atoms with E-state index in [-0.39, 0.29) is 4.91 Å². The Balaban J connectivity index is 1.98. The summed E-state index contributed by atoms with van der Waals surface area (Å²) >= 11 is 6.25. The smallest absolute Gasteiger partial charge is 0.270 e. The molecule has 4 rings (SSSR count). The minimum Gasteiger partial charge on any atom is -0.321 e. The highest BCUT2D eigenvalue weighted by Crippen LogP contribution is 2.43. The number of carbonyl (C=O) groups excluding carboxylic acids is 1. The van der Waals surface area contributed by atoms with Gasteiger partial charge in [0.15, 0.2) is 4.91 Å². The van der Waals surface area contributed by atoms with Gasteiger partial charge in [0.2, 0.25) is 0 Å². The van der Waals surface area contributed by atoms with E-state index in [0.717, 1.165) is 15.4 Å². The van der Waals surface area contributed by atoms with Gasteiger partial charge < -0.3 is 5.32 Å². The monoisotopic (exact) mass is 452 g/mol. The van der Waals surface area contributed by atoms with Crippen LogP contribution in [0.1, 0.15) is 22.3 Å². The zero-order chi connectivity index (χ0) is 22.3. The third-order valence-electron chi connectivity index (χ3n) is 5.16. The fourth-order valence-electron chi connectivity index (χ4n) is 3.86. The molecule has 0 spiro atoms. The highest BCUT2D eigenvalue weighted by atomic mass is 35.5. The van der Waals surface area contributed by atoms with Crippen molar-refractivity contribution in [1.29, 1.82) is 0 Å². The minimum atomic E-state index is -4.11. The molecule has 0 saturated heterocycles. The van der Waals surface area contributed by atoms with Gasteiger partial charge in [-0.3, -0.25) is 9.10 Å². The number of benzene rings is 3. The lowest BCUT2D eigenvalue weighted by molar-refractivity contribution is -0.112. The molecule has 1 aliphatic rings. The molecule has 1 aliphatic heterocycles. The van der Waals surface area contributed by atoms with Crippen molar-refractivity contribution in [3.8, 4) is 0 Å². The van der Waals surface area contributed by atoms with Gasteiger partial charge in [-0.15, -0.1) is 0 Å². The molecule has 0 aliphatic carbocycles. The van der Waals surface area contributed by atoms with Crippen molar-refractivity contribution in [2.45, 2.75) is 13.8 Å². The number of rotatable bonds is 3. The zero-order valence-corrected chi connectivity index (χ0v) is 18.9. The molecule has 3 aromatic carbocycles. The molecule has 0 atom stereocenters. The summed E-state index contributed by atoms with van der Waals surface area (Å²) in [7, 11) is -2.67. The molecule has 5 nitrogen and oxygen atoms in total. The molecule has 1 amide bonds. The van der Waals surface area contributed by atoms with Crippen molar-refractivity contribution in [2.24, 2.45) is 0 Å². The Kier molecular flexibility index (Phi) is 5.37. The molecule has 0 aromatic heterocycles. The quantitative estimate of drug-likeness (QED) is 0.598. The van der Waals surface area contributed by atoms with Crippen LogP contribution in [-0.4, -0.2) is 21.4 Å². The summed E-state index contributed by atoms with van der Waals surface area (Å²) in [6.45, 7) is 3.83. The predicted molar refractivity (Wildman–Crippen MR) is 126 cm³/mol.